The number of aromatic nitrogens is 1. The Balaban J connectivity index is 1.73. The molecule has 2 amide bonds. The predicted octanol–water partition coefficient (Wildman–Crippen LogP) is 2.05. The van der Waals surface area contributed by atoms with Crippen LogP contribution in [0.15, 0.2) is 24.4 Å². The molecule has 1 atom stereocenters. The lowest BCUT2D eigenvalue weighted by Gasteiger charge is -2.08. The quantitative estimate of drug-likeness (QED) is 0.800. The summed E-state index contributed by atoms with van der Waals surface area (Å²) in [6, 6.07) is 4.24. The van der Waals surface area contributed by atoms with Crippen LogP contribution in [0.25, 0.3) is 10.4 Å². The molecule has 1 fully saturated rings. The van der Waals surface area contributed by atoms with E-state index in [4.69, 9.17) is 5.26 Å². The summed E-state index contributed by atoms with van der Waals surface area (Å²) in [5, 5.41) is 14.4. The van der Waals surface area contributed by atoms with Crippen molar-refractivity contribution >= 4 is 28.3 Å². The minimum atomic E-state index is -0.602. The molecule has 0 saturated carbocycles. The Morgan fingerprint density at radius 1 is 1.46 bits per heavy atom. The molecule has 0 spiro atoms. The van der Waals surface area contributed by atoms with Gasteiger partial charge < -0.3 is 15.5 Å². The van der Waals surface area contributed by atoms with Crippen LogP contribution in [-0.4, -0.2) is 41.8 Å². The van der Waals surface area contributed by atoms with Crippen LogP contribution in [0.1, 0.15) is 16.8 Å². The number of hydrogen-bond donors (Lipinski definition) is 2. The van der Waals surface area contributed by atoms with Crippen LogP contribution in [-0.2, 0) is 4.79 Å². The summed E-state index contributed by atoms with van der Waals surface area (Å²) in [5.74, 6) is -1.53. The minimum Gasteiger partial charge on any atom is -0.355 e. The van der Waals surface area contributed by atoms with E-state index < -0.39 is 11.7 Å². The highest BCUT2D eigenvalue weighted by Gasteiger charge is 2.28. The lowest BCUT2D eigenvalue weighted by Crippen LogP contribution is -2.25. The van der Waals surface area contributed by atoms with E-state index in [1.165, 1.54) is 30.5 Å². The van der Waals surface area contributed by atoms with Gasteiger partial charge in [0.1, 0.15) is 5.82 Å². The second-order valence-electron chi connectivity index (χ2n) is 5.82. The molecule has 2 heterocycles. The van der Waals surface area contributed by atoms with Gasteiger partial charge in [-0.3, -0.25) is 9.59 Å². The molecule has 26 heavy (non-hydrogen) atoms. The molecule has 1 saturated heterocycles. The summed E-state index contributed by atoms with van der Waals surface area (Å²) in [6.07, 6.45) is 4.24. The third-order valence-corrected chi connectivity index (χ3v) is 5.12. The maximum absolute atomic E-state index is 13.8. The molecule has 1 aliphatic rings. The number of anilines is 1. The summed E-state index contributed by atoms with van der Waals surface area (Å²) >= 11 is 1.24. The van der Waals surface area contributed by atoms with E-state index in [9.17, 15) is 14.0 Å². The van der Waals surface area contributed by atoms with E-state index in [1.54, 1.807) is 17.2 Å². The van der Waals surface area contributed by atoms with E-state index in [2.05, 4.69) is 15.6 Å². The molecule has 1 aromatic heterocycles. The second-order valence-corrected chi connectivity index (χ2v) is 6.85. The molecule has 7 nitrogen and oxygen atoms in total. The number of benzene rings is 1. The smallest absolute Gasteiger partial charge is 0.254 e. The fraction of sp³-hybridized carbons (Fsp3) is 0.294. The Kier molecular flexibility index (Phi) is 5.14. The highest BCUT2D eigenvalue weighted by atomic mass is 32.1. The third kappa shape index (κ3) is 3.65. The van der Waals surface area contributed by atoms with Crippen LogP contribution >= 0.6 is 11.3 Å². The van der Waals surface area contributed by atoms with Crippen LogP contribution < -0.4 is 10.6 Å². The van der Waals surface area contributed by atoms with Crippen LogP contribution in [0, 0.1) is 23.2 Å². The van der Waals surface area contributed by atoms with E-state index in [1.807, 2.05) is 6.19 Å². The van der Waals surface area contributed by atoms with Crippen LogP contribution in [0.4, 0.5) is 9.52 Å². The molecule has 9 heteroatoms. The van der Waals surface area contributed by atoms with Crippen molar-refractivity contribution < 1.29 is 14.0 Å². The first-order valence-electron chi connectivity index (χ1n) is 7.95. The number of likely N-dealkylation sites (tertiary alicyclic amines) is 1. The Hall–Kier alpha value is -2.99. The molecule has 0 bridgehead atoms. The van der Waals surface area contributed by atoms with Gasteiger partial charge in [-0.15, -0.1) is 0 Å². The number of nitriles is 1. The summed E-state index contributed by atoms with van der Waals surface area (Å²) in [4.78, 5) is 30.4. The van der Waals surface area contributed by atoms with Gasteiger partial charge in [0, 0.05) is 26.3 Å². The lowest BCUT2D eigenvalue weighted by atomic mass is 10.1. The molecule has 1 aromatic carbocycles. The molecule has 0 radical (unpaired) electrons. The van der Waals surface area contributed by atoms with Crippen molar-refractivity contribution in [3.63, 3.8) is 0 Å². The number of amides is 2. The molecule has 0 aliphatic carbocycles. The molecule has 2 aromatic rings. The van der Waals surface area contributed by atoms with Gasteiger partial charge in [0.2, 0.25) is 5.91 Å². The van der Waals surface area contributed by atoms with Crippen molar-refractivity contribution in [3.8, 4) is 16.6 Å². The highest BCUT2D eigenvalue weighted by molar-refractivity contribution is 7.19. The molecule has 2 N–H and O–H groups in total. The van der Waals surface area contributed by atoms with Gasteiger partial charge in [0.15, 0.2) is 11.3 Å². The SMILES string of the molecule is CNC(=O)c1cc(-c2cnc(NC(=O)[C@H]3CCN(C#N)C3)s2)ccc1F. The van der Waals surface area contributed by atoms with E-state index in [-0.39, 0.29) is 17.4 Å². The first-order valence-corrected chi connectivity index (χ1v) is 8.77. The van der Waals surface area contributed by atoms with Gasteiger partial charge >= 0.3 is 0 Å². The third-order valence-electron chi connectivity index (χ3n) is 4.16. The van der Waals surface area contributed by atoms with E-state index >= 15 is 0 Å². The van der Waals surface area contributed by atoms with Crippen molar-refractivity contribution in [1.29, 1.82) is 5.26 Å². The first kappa shape index (κ1) is 17.8. The van der Waals surface area contributed by atoms with Crippen LogP contribution in [0.3, 0.4) is 0 Å². The van der Waals surface area contributed by atoms with Crippen LogP contribution in [0.5, 0.6) is 0 Å². The Bertz CT molecular complexity index is 892. The molecular weight excluding hydrogens is 357 g/mol. The summed E-state index contributed by atoms with van der Waals surface area (Å²) in [5.41, 5.74) is 0.589. The Morgan fingerprint density at radius 2 is 2.27 bits per heavy atom. The number of thiazole rings is 1. The number of halogens is 1. The molecule has 134 valence electrons. The zero-order chi connectivity index (χ0) is 18.7. The van der Waals surface area contributed by atoms with Gasteiger partial charge in [-0.25, -0.2) is 9.37 Å². The molecular formula is C17H16FN5O2S. The summed E-state index contributed by atoms with van der Waals surface area (Å²) in [7, 11) is 1.44. The minimum absolute atomic E-state index is 0.0495. The monoisotopic (exact) mass is 373 g/mol. The largest absolute Gasteiger partial charge is 0.355 e. The van der Waals surface area contributed by atoms with E-state index in [0.29, 0.717) is 35.1 Å². The molecule has 0 unspecified atom stereocenters. The standard InChI is InChI=1S/C17H16FN5O2S/c1-20-16(25)12-6-10(2-3-13(12)18)14-7-21-17(26-14)22-15(24)11-4-5-23(8-11)9-19/h2-3,6-7,11H,4-5,8H2,1H3,(H,20,25)(H,21,22,24)/t11-/m0/s1. The van der Waals surface area contributed by atoms with Gasteiger partial charge in [-0.05, 0) is 24.1 Å². The van der Waals surface area contributed by atoms with Crippen LogP contribution in [0.2, 0.25) is 0 Å². The fourth-order valence-electron chi connectivity index (χ4n) is 2.73. The molecule has 1 aliphatic heterocycles. The van der Waals surface area contributed by atoms with Crippen molar-refractivity contribution in [3.05, 3.63) is 35.8 Å². The first-order chi connectivity index (χ1) is 12.5. The van der Waals surface area contributed by atoms with Crippen molar-refractivity contribution in [1.82, 2.24) is 15.2 Å². The zero-order valence-electron chi connectivity index (χ0n) is 14.0. The van der Waals surface area contributed by atoms with Crippen molar-refractivity contribution in [2.24, 2.45) is 5.92 Å². The maximum atomic E-state index is 13.8. The Labute approximate surface area is 153 Å². The number of nitrogens with zero attached hydrogens (tertiary/aromatic N) is 3. The maximum Gasteiger partial charge on any atom is 0.254 e. The fourth-order valence-corrected chi connectivity index (χ4v) is 3.54. The normalized spacial score (nSPS) is 16.2. The predicted molar refractivity (Wildman–Crippen MR) is 94.8 cm³/mol. The van der Waals surface area contributed by atoms with Crippen molar-refractivity contribution in [2.45, 2.75) is 6.42 Å². The molecule has 3 rings (SSSR count). The number of carbonyl (C=O) groups excluding carboxylic acids is 2. The van der Waals surface area contributed by atoms with Gasteiger partial charge in [-0.2, -0.15) is 5.26 Å². The lowest BCUT2D eigenvalue weighted by molar-refractivity contribution is -0.119. The average molecular weight is 373 g/mol. The second kappa shape index (κ2) is 7.49. The van der Waals surface area contributed by atoms with E-state index in [0.717, 1.165) is 0 Å². The summed E-state index contributed by atoms with van der Waals surface area (Å²) < 4.78 is 13.8. The number of carbonyl (C=O) groups is 2. The van der Waals surface area contributed by atoms with Gasteiger partial charge in [0.25, 0.3) is 5.91 Å². The number of hydrogen-bond acceptors (Lipinski definition) is 6. The summed E-state index contributed by atoms with van der Waals surface area (Å²) in [6.45, 7) is 0.990. The van der Waals surface area contributed by atoms with Gasteiger partial charge in [-0.1, -0.05) is 17.4 Å². The number of nitrogens with one attached hydrogen (secondary N) is 2. The highest BCUT2D eigenvalue weighted by Crippen LogP contribution is 2.30. The average Bonchev–Trinajstić information content (AvgIpc) is 3.31. The Morgan fingerprint density at radius 3 is 2.96 bits per heavy atom. The topological polar surface area (TPSA) is 98.1 Å². The number of rotatable bonds is 4. The van der Waals surface area contributed by atoms with Gasteiger partial charge in [0.05, 0.1) is 16.4 Å². The van der Waals surface area contributed by atoms with Crippen molar-refractivity contribution in [2.75, 3.05) is 25.5 Å². The zero-order valence-corrected chi connectivity index (χ0v) is 14.8.